The Morgan fingerprint density at radius 2 is 2.05 bits per heavy atom. The zero-order valence-corrected chi connectivity index (χ0v) is 10.8. The molecule has 0 fully saturated rings. The van der Waals surface area contributed by atoms with E-state index < -0.39 is 16.6 Å². The van der Waals surface area contributed by atoms with Crippen molar-refractivity contribution in [1.82, 2.24) is 9.78 Å². The molecule has 1 aliphatic heterocycles. The number of non-ortho nitro benzene ring substituents is 1. The fourth-order valence-corrected chi connectivity index (χ4v) is 2.26. The number of aromatic nitrogens is 2. The third-order valence-electron chi connectivity index (χ3n) is 3.28. The number of amides is 1. The highest BCUT2D eigenvalue weighted by Crippen LogP contribution is 2.31. The van der Waals surface area contributed by atoms with Gasteiger partial charge in [-0.1, -0.05) is 0 Å². The van der Waals surface area contributed by atoms with Gasteiger partial charge in [0.1, 0.15) is 0 Å². The van der Waals surface area contributed by atoms with Crippen LogP contribution in [-0.4, -0.2) is 32.9 Å². The molecule has 0 atom stereocenters. The molecule has 1 aliphatic rings. The second-order valence-corrected chi connectivity index (χ2v) is 4.51. The standard InChI is InChI=1S/C13H10N4O4/c18-12-10-8-9(17(20)21)2-3-11(10)16(13(12)19)7-6-15-5-1-4-14-15/h1-5,8H,6-7H2. The zero-order valence-electron chi connectivity index (χ0n) is 10.8. The van der Waals surface area contributed by atoms with Crippen LogP contribution in [0.2, 0.25) is 0 Å². The van der Waals surface area contributed by atoms with Crippen molar-refractivity contribution < 1.29 is 14.5 Å². The summed E-state index contributed by atoms with van der Waals surface area (Å²) in [5.41, 5.74) is 0.279. The number of nitrogens with zero attached hydrogens (tertiary/aromatic N) is 4. The van der Waals surface area contributed by atoms with Crippen LogP contribution in [-0.2, 0) is 11.3 Å². The number of nitro benzene ring substituents is 1. The number of fused-ring (bicyclic) bond motifs is 1. The molecule has 0 saturated heterocycles. The highest BCUT2D eigenvalue weighted by Gasteiger charge is 2.36. The first kappa shape index (κ1) is 13.0. The molecule has 1 aromatic heterocycles. The first-order valence-electron chi connectivity index (χ1n) is 6.20. The number of carbonyl (C=O) groups is 2. The third-order valence-corrected chi connectivity index (χ3v) is 3.28. The lowest BCUT2D eigenvalue weighted by Crippen LogP contribution is -2.32. The van der Waals surface area contributed by atoms with E-state index >= 15 is 0 Å². The van der Waals surface area contributed by atoms with E-state index in [1.807, 2.05) is 0 Å². The number of hydrogen-bond donors (Lipinski definition) is 0. The molecule has 0 N–H and O–H groups in total. The van der Waals surface area contributed by atoms with Crippen LogP contribution in [0.15, 0.2) is 36.7 Å². The molecule has 1 amide bonds. The summed E-state index contributed by atoms with van der Waals surface area (Å²) in [4.78, 5) is 35.4. The van der Waals surface area contributed by atoms with Gasteiger partial charge in [-0.15, -0.1) is 0 Å². The molecule has 106 valence electrons. The number of anilines is 1. The molecule has 1 aromatic carbocycles. The number of benzene rings is 1. The van der Waals surface area contributed by atoms with Gasteiger partial charge in [0, 0.05) is 31.1 Å². The Morgan fingerprint density at radius 1 is 1.24 bits per heavy atom. The van der Waals surface area contributed by atoms with Gasteiger partial charge in [-0.05, 0) is 12.1 Å². The molecule has 2 aromatic rings. The Bertz CT molecular complexity index is 739. The molecule has 0 saturated carbocycles. The minimum atomic E-state index is -0.714. The lowest BCUT2D eigenvalue weighted by molar-refractivity contribution is -0.384. The van der Waals surface area contributed by atoms with Gasteiger partial charge in [0.15, 0.2) is 0 Å². The Labute approximate surface area is 118 Å². The number of carbonyl (C=O) groups excluding carboxylic acids is 2. The van der Waals surface area contributed by atoms with Gasteiger partial charge in [-0.2, -0.15) is 5.10 Å². The van der Waals surface area contributed by atoms with Crippen molar-refractivity contribution in [2.45, 2.75) is 6.54 Å². The van der Waals surface area contributed by atoms with Crippen molar-refractivity contribution in [3.05, 3.63) is 52.3 Å². The van der Waals surface area contributed by atoms with E-state index in [4.69, 9.17) is 0 Å². The van der Waals surface area contributed by atoms with E-state index in [9.17, 15) is 19.7 Å². The summed E-state index contributed by atoms with van der Waals surface area (Å²) in [5.74, 6) is -1.38. The maximum atomic E-state index is 12.0. The summed E-state index contributed by atoms with van der Waals surface area (Å²) in [6.45, 7) is 0.708. The SMILES string of the molecule is O=C1C(=O)N(CCn2cccn2)c2ccc([N+](=O)[O-])cc21. The molecular weight excluding hydrogens is 276 g/mol. The maximum absolute atomic E-state index is 12.0. The predicted molar refractivity (Wildman–Crippen MR) is 72.0 cm³/mol. The minimum Gasteiger partial charge on any atom is -0.303 e. The summed E-state index contributed by atoms with van der Waals surface area (Å²) >= 11 is 0. The number of ketones is 1. The van der Waals surface area contributed by atoms with Gasteiger partial charge in [-0.25, -0.2) is 0 Å². The molecule has 0 unspecified atom stereocenters. The Balaban J connectivity index is 1.89. The second kappa shape index (κ2) is 4.82. The number of Topliss-reactive ketones (excluding diaryl/α,β-unsaturated/α-hetero) is 1. The van der Waals surface area contributed by atoms with Crippen molar-refractivity contribution in [2.24, 2.45) is 0 Å². The van der Waals surface area contributed by atoms with E-state index in [1.54, 1.807) is 23.1 Å². The molecule has 0 bridgehead atoms. The summed E-state index contributed by atoms with van der Waals surface area (Å²) < 4.78 is 1.64. The number of rotatable bonds is 4. The topological polar surface area (TPSA) is 98.3 Å². The number of hydrogen-bond acceptors (Lipinski definition) is 5. The highest BCUT2D eigenvalue weighted by atomic mass is 16.6. The van der Waals surface area contributed by atoms with Gasteiger partial charge in [0.2, 0.25) is 0 Å². The lowest BCUT2D eigenvalue weighted by atomic mass is 10.1. The summed E-state index contributed by atoms with van der Waals surface area (Å²) in [7, 11) is 0. The van der Waals surface area contributed by atoms with Crippen LogP contribution < -0.4 is 4.90 Å². The smallest absolute Gasteiger partial charge is 0.299 e. The van der Waals surface area contributed by atoms with E-state index in [-0.39, 0.29) is 17.8 Å². The van der Waals surface area contributed by atoms with Crippen LogP contribution in [0.4, 0.5) is 11.4 Å². The molecule has 0 aliphatic carbocycles. The van der Waals surface area contributed by atoms with Crippen molar-refractivity contribution >= 4 is 23.1 Å². The summed E-state index contributed by atoms with van der Waals surface area (Å²) in [6, 6.07) is 5.61. The second-order valence-electron chi connectivity index (χ2n) is 4.51. The molecule has 21 heavy (non-hydrogen) atoms. The van der Waals surface area contributed by atoms with Gasteiger partial charge in [-0.3, -0.25) is 24.4 Å². The fourth-order valence-electron chi connectivity index (χ4n) is 2.26. The van der Waals surface area contributed by atoms with Crippen LogP contribution in [0, 0.1) is 10.1 Å². The van der Waals surface area contributed by atoms with E-state index in [2.05, 4.69) is 5.10 Å². The van der Waals surface area contributed by atoms with Crippen LogP contribution in [0.1, 0.15) is 10.4 Å². The van der Waals surface area contributed by atoms with Crippen molar-refractivity contribution in [1.29, 1.82) is 0 Å². The minimum absolute atomic E-state index is 0.0784. The molecule has 3 rings (SSSR count). The average molecular weight is 286 g/mol. The first-order chi connectivity index (χ1) is 10.1. The third kappa shape index (κ3) is 2.16. The fraction of sp³-hybridized carbons (Fsp3) is 0.154. The molecule has 0 spiro atoms. The highest BCUT2D eigenvalue weighted by molar-refractivity contribution is 6.52. The average Bonchev–Trinajstić information content (AvgIpc) is 3.06. The largest absolute Gasteiger partial charge is 0.303 e. The normalized spacial score (nSPS) is 13.6. The monoisotopic (exact) mass is 286 g/mol. The van der Waals surface area contributed by atoms with E-state index in [1.165, 1.54) is 17.0 Å². The Kier molecular flexibility index (Phi) is 2.98. The van der Waals surface area contributed by atoms with Gasteiger partial charge in [0.25, 0.3) is 17.4 Å². The van der Waals surface area contributed by atoms with Gasteiger partial charge >= 0.3 is 0 Å². The first-order valence-corrected chi connectivity index (χ1v) is 6.20. The molecule has 0 radical (unpaired) electrons. The number of nitro groups is 1. The lowest BCUT2D eigenvalue weighted by Gasteiger charge is -2.16. The summed E-state index contributed by atoms with van der Waals surface area (Å²) in [6.07, 6.45) is 3.37. The van der Waals surface area contributed by atoms with Crippen molar-refractivity contribution in [2.75, 3.05) is 11.4 Å². The van der Waals surface area contributed by atoms with Crippen molar-refractivity contribution in [3.63, 3.8) is 0 Å². The van der Waals surface area contributed by atoms with Crippen LogP contribution >= 0.6 is 0 Å². The van der Waals surface area contributed by atoms with Crippen LogP contribution in [0.5, 0.6) is 0 Å². The maximum Gasteiger partial charge on any atom is 0.299 e. The van der Waals surface area contributed by atoms with Crippen LogP contribution in [0.25, 0.3) is 0 Å². The van der Waals surface area contributed by atoms with Gasteiger partial charge in [0.05, 0.1) is 22.7 Å². The van der Waals surface area contributed by atoms with E-state index in [0.717, 1.165) is 6.07 Å². The van der Waals surface area contributed by atoms with E-state index in [0.29, 0.717) is 12.2 Å². The Morgan fingerprint density at radius 3 is 2.71 bits per heavy atom. The molecule has 2 heterocycles. The molecule has 8 heteroatoms. The Hall–Kier alpha value is -3.03. The molecular formula is C13H10N4O4. The quantitative estimate of drug-likeness (QED) is 0.474. The molecule has 8 nitrogen and oxygen atoms in total. The summed E-state index contributed by atoms with van der Waals surface area (Å²) in [5, 5.41) is 14.8. The van der Waals surface area contributed by atoms with Crippen molar-refractivity contribution in [3.8, 4) is 0 Å². The predicted octanol–water partition coefficient (Wildman–Crippen LogP) is 1.02. The van der Waals surface area contributed by atoms with Gasteiger partial charge < -0.3 is 4.90 Å². The zero-order chi connectivity index (χ0) is 15.0. The van der Waals surface area contributed by atoms with Crippen LogP contribution in [0.3, 0.4) is 0 Å².